The van der Waals surface area contributed by atoms with Gasteiger partial charge < -0.3 is 4.74 Å². The van der Waals surface area contributed by atoms with Gasteiger partial charge in [0.05, 0.1) is 0 Å². The third-order valence-electron chi connectivity index (χ3n) is 1.04. The molecule has 0 aliphatic rings. The van der Waals surface area contributed by atoms with E-state index in [1.807, 2.05) is 6.92 Å². The normalized spacial score (nSPS) is 9.56. The molecule has 0 N–H and O–H groups in total. The van der Waals surface area contributed by atoms with Crippen LogP contribution in [0.15, 0.2) is 12.2 Å². The Balaban J connectivity index is 2.83. The molecule has 0 saturated heterocycles. The summed E-state index contributed by atoms with van der Waals surface area (Å²) in [7, 11) is 0. The predicted octanol–water partition coefficient (Wildman–Crippen LogP) is 2.19. The molecule has 0 aromatic rings. The lowest BCUT2D eigenvalue weighted by atomic mass is 10.2. The summed E-state index contributed by atoms with van der Waals surface area (Å²) in [6.07, 6.45) is 2.14. The second-order valence-electron chi connectivity index (χ2n) is 2.17. The van der Waals surface area contributed by atoms with Gasteiger partial charge in [-0.15, -0.1) is 6.58 Å². The molecule has 1 radical (unpaired) electrons. The number of hydrogen-bond acceptors (Lipinski definition) is 1. The lowest BCUT2D eigenvalue weighted by Gasteiger charge is -1.99. The summed E-state index contributed by atoms with van der Waals surface area (Å²) in [5, 5.41) is 0. The Morgan fingerprint density at radius 3 is 2.67 bits per heavy atom. The predicted molar refractivity (Wildman–Crippen MR) is 40.2 cm³/mol. The quantitative estimate of drug-likeness (QED) is 0.406. The Bertz CT molecular complexity index is 76.6. The van der Waals surface area contributed by atoms with Crippen LogP contribution < -0.4 is 0 Å². The zero-order chi connectivity index (χ0) is 7.11. The van der Waals surface area contributed by atoms with Crippen molar-refractivity contribution in [2.45, 2.75) is 19.8 Å². The van der Waals surface area contributed by atoms with Gasteiger partial charge in [-0.1, -0.05) is 5.57 Å². The lowest BCUT2D eigenvalue weighted by Crippen LogP contribution is -1.92. The van der Waals surface area contributed by atoms with Crippen LogP contribution in [0, 0.1) is 6.92 Å². The molecule has 0 heterocycles. The van der Waals surface area contributed by atoms with Crippen LogP contribution in [0.3, 0.4) is 0 Å². The van der Waals surface area contributed by atoms with Crippen molar-refractivity contribution in [2.75, 3.05) is 13.2 Å². The van der Waals surface area contributed by atoms with Crippen LogP contribution in [0.2, 0.25) is 0 Å². The van der Waals surface area contributed by atoms with Crippen LogP contribution in [-0.2, 0) is 4.74 Å². The Morgan fingerprint density at radius 1 is 1.56 bits per heavy atom. The van der Waals surface area contributed by atoms with E-state index in [4.69, 9.17) is 4.74 Å². The summed E-state index contributed by atoms with van der Waals surface area (Å²) in [6.45, 7) is 10.8. The molecule has 0 amide bonds. The van der Waals surface area contributed by atoms with Crippen LogP contribution in [0.5, 0.6) is 0 Å². The largest absolute Gasteiger partial charge is 0.381 e. The SMILES string of the molecule is [CH2]COCCCC(=C)C. The lowest BCUT2D eigenvalue weighted by molar-refractivity contribution is 0.158. The van der Waals surface area contributed by atoms with Gasteiger partial charge in [0.2, 0.25) is 0 Å². The van der Waals surface area contributed by atoms with E-state index < -0.39 is 0 Å². The van der Waals surface area contributed by atoms with Crippen molar-refractivity contribution < 1.29 is 4.74 Å². The summed E-state index contributed by atoms with van der Waals surface area (Å²) in [6, 6.07) is 0. The fourth-order valence-corrected chi connectivity index (χ4v) is 0.578. The van der Waals surface area contributed by atoms with Crippen LogP contribution in [0.4, 0.5) is 0 Å². The van der Waals surface area contributed by atoms with Gasteiger partial charge in [0.15, 0.2) is 0 Å². The van der Waals surface area contributed by atoms with Gasteiger partial charge in [0.1, 0.15) is 0 Å². The van der Waals surface area contributed by atoms with Crippen LogP contribution >= 0.6 is 0 Å². The number of ether oxygens (including phenoxy) is 1. The highest BCUT2D eigenvalue weighted by Crippen LogP contribution is 1.99. The van der Waals surface area contributed by atoms with Crippen molar-refractivity contribution >= 4 is 0 Å². The molecule has 9 heavy (non-hydrogen) atoms. The van der Waals surface area contributed by atoms with E-state index in [2.05, 4.69) is 13.5 Å². The summed E-state index contributed by atoms with van der Waals surface area (Å²) in [5.74, 6) is 0. The highest BCUT2D eigenvalue weighted by molar-refractivity contribution is 4.86. The third kappa shape index (κ3) is 7.70. The Morgan fingerprint density at radius 2 is 2.22 bits per heavy atom. The van der Waals surface area contributed by atoms with Gasteiger partial charge in [-0.05, 0) is 26.7 Å². The average molecular weight is 127 g/mol. The van der Waals surface area contributed by atoms with Crippen molar-refractivity contribution in [3.8, 4) is 0 Å². The number of rotatable bonds is 5. The number of hydrogen-bond donors (Lipinski definition) is 0. The zero-order valence-corrected chi connectivity index (χ0v) is 6.15. The van der Waals surface area contributed by atoms with Gasteiger partial charge in [-0.3, -0.25) is 0 Å². The van der Waals surface area contributed by atoms with Gasteiger partial charge >= 0.3 is 0 Å². The van der Waals surface area contributed by atoms with Crippen molar-refractivity contribution in [1.29, 1.82) is 0 Å². The molecule has 0 saturated carbocycles. The van der Waals surface area contributed by atoms with E-state index in [0.717, 1.165) is 19.4 Å². The summed E-state index contributed by atoms with van der Waals surface area (Å²) < 4.78 is 5.03. The molecule has 0 aromatic heterocycles. The third-order valence-corrected chi connectivity index (χ3v) is 1.04. The van der Waals surface area contributed by atoms with Gasteiger partial charge in [0, 0.05) is 13.2 Å². The molecule has 0 spiro atoms. The molecule has 0 bridgehead atoms. The highest BCUT2D eigenvalue weighted by atomic mass is 16.5. The maximum absolute atomic E-state index is 5.03. The van der Waals surface area contributed by atoms with Crippen LogP contribution in [0.25, 0.3) is 0 Å². The van der Waals surface area contributed by atoms with Gasteiger partial charge in [-0.25, -0.2) is 0 Å². The molecule has 0 aliphatic carbocycles. The minimum Gasteiger partial charge on any atom is -0.381 e. The first-order chi connectivity index (χ1) is 4.27. The molecule has 53 valence electrons. The van der Waals surface area contributed by atoms with Crippen molar-refractivity contribution in [3.63, 3.8) is 0 Å². The van der Waals surface area contributed by atoms with Crippen molar-refractivity contribution in [3.05, 3.63) is 19.1 Å². The molecule has 0 fully saturated rings. The van der Waals surface area contributed by atoms with Crippen LogP contribution in [-0.4, -0.2) is 13.2 Å². The van der Waals surface area contributed by atoms with Crippen molar-refractivity contribution in [1.82, 2.24) is 0 Å². The smallest absolute Gasteiger partial charge is 0.0469 e. The minimum absolute atomic E-state index is 0.580. The minimum atomic E-state index is 0.580. The first kappa shape index (κ1) is 8.70. The van der Waals surface area contributed by atoms with Crippen molar-refractivity contribution in [2.24, 2.45) is 0 Å². The molecule has 0 unspecified atom stereocenters. The Hall–Kier alpha value is -0.300. The molecular formula is C8H15O. The zero-order valence-electron chi connectivity index (χ0n) is 6.15. The fraction of sp³-hybridized carbons (Fsp3) is 0.625. The molecule has 1 heteroatoms. The Labute approximate surface area is 57.7 Å². The molecule has 0 atom stereocenters. The maximum Gasteiger partial charge on any atom is 0.0469 e. The molecule has 1 nitrogen and oxygen atoms in total. The monoisotopic (exact) mass is 127 g/mol. The summed E-state index contributed by atoms with van der Waals surface area (Å²) >= 11 is 0. The molecule has 0 aliphatic heterocycles. The molecule has 0 rings (SSSR count). The fourth-order valence-electron chi connectivity index (χ4n) is 0.578. The average Bonchev–Trinajstić information content (AvgIpc) is 1.80. The summed E-state index contributed by atoms with van der Waals surface area (Å²) in [4.78, 5) is 0. The second kappa shape index (κ2) is 5.83. The number of allylic oxidation sites excluding steroid dienone is 1. The molecular weight excluding hydrogens is 112 g/mol. The second-order valence-corrected chi connectivity index (χ2v) is 2.17. The van der Waals surface area contributed by atoms with E-state index >= 15 is 0 Å². The highest BCUT2D eigenvalue weighted by Gasteiger charge is 1.86. The van der Waals surface area contributed by atoms with E-state index in [-0.39, 0.29) is 0 Å². The van der Waals surface area contributed by atoms with E-state index in [9.17, 15) is 0 Å². The summed E-state index contributed by atoms with van der Waals surface area (Å²) in [5.41, 5.74) is 1.22. The Kier molecular flexibility index (Phi) is 5.64. The topological polar surface area (TPSA) is 9.23 Å². The van der Waals surface area contributed by atoms with E-state index in [1.165, 1.54) is 5.57 Å². The van der Waals surface area contributed by atoms with Crippen LogP contribution in [0.1, 0.15) is 19.8 Å². The standard InChI is InChI=1S/C8H15O/c1-4-9-7-5-6-8(2)3/h1-2,4-7H2,3H3. The van der Waals surface area contributed by atoms with E-state index in [0.29, 0.717) is 6.61 Å². The van der Waals surface area contributed by atoms with Gasteiger partial charge in [0.25, 0.3) is 0 Å². The first-order valence-corrected chi connectivity index (χ1v) is 3.28. The maximum atomic E-state index is 5.03. The molecule has 0 aromatic carbocycles. The van der Waals surface area contributed by atoms with E-state index in [1.54, 1.807) is 0 Å². The first-order valence-electron chi connectivity index (χ1n) is 3.28. The van der Waals surface area contributed by atoms with Gasteiger partial charge in [-0.2, -0.15) is 0 Å².